The summed E-state index contributed by atoms with van der Waals surface area (Å²) in [6, 6.07) is 10.2. The Morgan fingerprint density at radius 2 is 1.90 bits per heavy atom. The topological polar surface area (TPSA) is 37.8 Å². The Labute approximate surface area is 122 Å². The van der Waals surface area contributed by atoms with Gasteiger partial charge in [-0.15, -0.1) is 11.3 Å². The molecule has 2 heterocycles. The summed E-state index contributed by atoms with van der Waals surface area (Å²) in [5.41, 5.74) is 3.16. The van der Waals surface area contributed by atoms with Crippen LogP contribution in [0.25, 0.3) is 10.9 Å². The highest BCUT2D eigenvalue weighted by atomic mass is 32.1. The quantitative estimate of drug-likeness (QED) is 0.738. The van der Waals surface area contributed by atoms with E-state index in [1.165, 1.54) is 0 Å². The maximum Gasteiger partial charge on any atom is 0.187 e. The van der Waals surface area contributed by atoms with Crippen LogP contribution in [0.3, 0.4) is 0 Å². The Kier molecular flexibility index (Phi) is 3.18. The highest BCUT2D eigenvalue weighted by Gasteiger charge is 2.17. The first kappa shape index (κ1) is 13.1. The number of aromatic nitrogens is 2. The number of para-hydroxylation sites is 1. The predicted octanol–water partition coefficient (Wildman–Crippen LogP) is 4.73. The zero-order valence-corrected chi connectivity index (χ0v) is 12.7. The second kappa shape index (κ2) is 4.87. The van der Waals surface area contributed by atoms with Gasteiger partial charge in [0.1, 0.15) is 0 Å². The Hall–Kier alpha value is -1.94. The number of rotatable bonds is 2. The molecule has 3 aromatic rings. The van der Waals surface area contributed by atoms with E-state index in [0.717, 1.165) is 27.4 Å². The van der Waals surface area contributed by atoms with Crippen LogP contribution in [-0.4, -0.2) is 9.97 Å². The molecule has 0 fully saturated rings. The van der Waals surface area contributed by atoms with E-state index in [1.807, 2.05) is 24.4 Å². The molecule has 0 aliphatic heterocycles. The fourth-order valence-corrected chi connectivity index (χ4v) is 2.95. The van der Waals surface area contributed by atoms with Crippen molar-refractivity contribution in [3.63, 3.8) is 0 Å². The number of anilines is 2. The van der Waals surface area contributed by atoms with Crippen molar-refractivity contribution >= 4 is 33.1 Å². The van der Waals surface area contributed by atoms with Crippen LogP contribution in [0.5, 0.6) is 0 Å². The van der Waals surface area contributed by atoms with Gasteiger partial charge >= 0.3 is 0 Å². The summed E-state index contributed by atoms with van der Waals surface area (Å²) in [4.78, 5) is 9.11. The first-order valence-corrected chi connectivity index (χ1v) is 7.49. The van der Waals surface area contributed by atoms with E-state index < -0.39 is 0 Å². The summed E-state index contributed by atoms with van der Waals surface area (Å²) in [5, 5.41) is 7.54. The van der Waals surface area contributed by atoms with E-state index >= 15 is 0 Å². The van der Waals surface area contributed by atoms with Gasteiger partial charge in [0.2, 0.25) is 0 Å². The van der Waals surface area contributed by atoms with Gasteiger partial charge in [0.05, 0.1) is 16.9 Å². The molecule has 1 N–H and O–H groups in total. The van der Waals surface area contributed by atoms with Crippen molar-refractivity contribution in [3.8, 4) is 0 Å². The molecule has 4 heteroatoms. The van der Waals surface area contributed by atoms with Crippen LogP contribution in [-0.2, 0) is 5.41 Å². The summed E-state index contributed by atoms with van der Waals surface area (Å²) in [7, 11) is 0. The monoisotopic (exact) mass is 283 g/mol. The maximum atomic E-state index is 4.66. The minimum atomic E-state index is 0.0768. The molecule has 0 unspecified atom stereocenters. The molecule has 3 rings (SSSR count). The van der Waals surface area contributed by atoms with Crippen molar-refractivity contribution in [1.82, 2.24) is 9.97 Å². The largest absolute Gasteiger partial charge is 0.330 e. The second-order valence-corrected chi connectivity index (χ2v) is 6.65. The summed E-state index contributed by atoms with van der Waals surface area (Å²) in [6.45, 7) is 6.52. The van der Waals surface area contributed by atoms with Gasteiger partial charge in [-0.2, -0.15) is 0 Å². The van der Waals surface area contributed by atoms with Crippen LogP contribution >= 0.6 is 11.3 Å². The molecule has 0 bridgehead atoms. The minimum absolute atomic E-state index is 0.0768. The van der Waals surface area contributed by atoms with E-state index in [2.05, 4.69) is 53.6 Å². The molecule has 1 aromatic carbocycles. The fraction of sp³-hybridized carbons (Fsp3) is 0.250. The summed E-state index contributed by atoms with van der Waals surface area (Å²) in [5.74, 6) is 0. The van der Waals surface area contributed by atoms with Gasteiger partial charge in [-0.05, 0) is 12.1 Å². The third kappa shape index (κ3) is 2.51. The van der Waals surface area contributed by atoms with Crippen molar-refractivity contribution in [1.29, 1.82) is 0 Å². The number of thiazole rings is 1. The Morgan fingerprint density at radius 3 is 2.65 bits per heavy atom. The molecule has 0 spiro atoms. The first-order chi connectivity index (χ1) is 9.54. The molecule has 0 radical (unpaired) electrons. The van der Waals surface area contributed by atoms with Crippen LogP contribution in [0, 0.1) is 0 Å². The minimum Gasteiger partial charge on any atom is -0.330 e. The SMILES string of the molecule is CC(C)(C)c1csc(Nc2cccc3cccnc23)n1. The normalized spacial score (nSPS) is 11.8. The predicted molar refractivity (Wildman–Crippen MR) is 85.8 cm³/mol. The summed E-state index contributed by atoms with van der Waals surface area (Å²) < 4.78 is 0. The molecule has 0 aliphatic rings. The van der Waals surface area contributed by atoms with Crippen LogP contribution in [0.4, 0.5) is 10.8 Å². The lowest BCUT2D eigenvalue weighted by atomic mass is 9.93. The average Bonchev–Trinajstić information content (AvgIpc) is 2.88. The lowest BCUT2D eigenvalue weighted by molar-refractivity contribution is 0.573. The van der Waals surface area contributed by atoms with Gasteiger partial charge in [-0.1, -0.05) is 39.0 Å². The van der Waals surface area contributed by atoms with Gasteiger partial charge in [-0.3, -0.25) is 4.98 Å². The third-order valence-corrected chi connectivity index (χ3v) is 3.90. The molecule has 3 nitrogen and oxygen atoms in total. The smallest absolute Gasteiger partial charge is 0.187 e. The zero-order valence-electron chi connectivity index (χ0n) is 11.8. The molecule has 0 atom stereocenters. The average molecular weight is 283 g/mol. The molecular weight excluding hydrogens is 266 g/mol. The van der Waals surface area contributed by atoms with Crippen LogP contribution in [0.2, 0.25) is 0 Å². The molecule has 0 amide bonds. The van der Waals surface area contributed by atoms with Gasteiger partial charge in [0.25, 0.3) is 0 Å². The molecule has 0 aliphatic carbocycles. The lowest BCUT2D eigenvalue weighted by Crippen LogP contribution is -2.11. The van der Waals surface area contributed by atoms with E-state index in [1.54, 1.807) is 11.3 Å². The van der Waals surface area contributed by atoms with E-state index in [0.29, 0.717) is 0 Å². The lowest BCUT2D eigenvalue weighted by Gasteiger charge is -2.14. The maximum absolute atomic E-state index is 4.66. The number of benzene rings is 1. The number of fused-ring (bicyclic) bond motifs is 1. The van der Waals surface area contributed by atoms with Crippen molar-refractivity contribution in [2.45, 2.75) is 26.2 Å². The summed E-state index contributed by atoms with van der Waals surface area (Å²) in [6.07, 6.45) is 1.82. The van der Waals surface area contributed by atoms with Gasteiger partial charge in [-0.25, -0.2) is 4.98 Å². The Morgan fingerprint density at radius 1 is 1.10 bits per heavy atom. The van der Waals surface area contributed by atoms with Crippen LogP contribution in [0.15, 0.2) is 41.9 Å². The standard InChI is InChI=1S/C16H17N3S/c1-16(2,3)13-10-20-15(19-13)18-12-8-4-6-11-7-5-9-17-14(11)12/h4-10H,1-3H3,(H,18,19). The van der Waals surface area contributed by atoms with Crippen LogP contribution < -0.4 is 5.32 Å². The zero-order chi connectivity index (χ0) is 14.2. The molecular formula is C16H17N3S. The number of hydrogen-bond donors (Lipinski definition) is 1. The molecule has 102 valence electrons. The number of nitrogens with one attached hydrogen (secondary N) is 1. The fourth-order valence-electron chi connectivity index (χ4n) is 2.00. The van der Waals surface area contributed by atoms with Gasteiger partial charge in [0.15, 0.2) is 5.13 Å². The number of pyridine rings is 1. The highest BCUT2D eigenvalue weighted by Crippen LogP contribution is 2.30. The Bertz CT molecular complexity index is 735. The molecule has 0 saturated heterocycles. The van der Waals surface area contributed by atoms with Gasteiger partial charge < -0.3 is 5.32 Å². The number of hydrogen-bond acceptors (Lipinski definition) is 4. The first-order valence-electron chi connectivity index (χ1n) is 6.61. The molecule has 2 aromatic heterocycles. The third-order valence-electron chi connectivity index (χ3n) is 3.15. The van der Waals surface area contributed by atoms with E-state index in [9.17, 15) is 0 Å². The summed E-state index contributed by atoms with van der Waals surface area (Å²) >= 11 is 1.63. The van der Waals surface area contributed by atoms with Crippen molar-refractivity contribution < 1.29 is 0 Å². The second-order valence-electron chi connectivity index (χ2n) is 5.79. The van der Waals surface area contributed by atoms with E-state index in [4.69, 9.17) is 0 Å². The van der Waals surface area contributed by atoms with Gasteiger partial charge in [0, 0.05) is 22.4 Å². The van der Waals surface area contributed by atoms with Crippen molar-refractivity contribution in [2.75, 3.05) is 5.32 Å². The highest BCUT2D eigenvalue weighted by molar-refractivity contribution is 7.13. The molecule has 0 saturated carbocycles. The van der Waals surface area contributed by atoms with Crippen molar-refractivity contribution in [2.24, 2.45) is 0 Å². The van der Waals surface area contributed by atoms with Crippen LogP contribution in [0.1, 0.15) is 26.5 Å². The van der Waals surface area contributed by atoms with Crippen molar-refractivity contribution in [3.05, 3.63) is 47.6 Å². The van der Waals surface area contributed by atoms with E-state index in [-0.39, 0.29) is 5.41 Å². The number of nitrogens with zero attached hydrogens (tertiary/aromatic N) is 2. The Balaban J connectivity index is 1.96. The molecule has 20 heavy (non-hydrogen) atoms.